The van der Waals surface area contributed by atoms with Crippen LogP contribution in [0.15, 0.2) is 18.3 Å². The molecule has 1 aromatic heterocycles. The van der Waals surface area contributed by atoms with Crippen molar-refractivity contribution < 1.29 is 4.74 Å². The smallest absolute Gasteiger partial charge is 0.212 e. The molecule has 2 N–H and O–H groups in total. The minimum atomic E-state index is 0.265. The summed E-state index contributed by atoms with van der Waals surface area (Å²) in [7, 11) is 1.64. The van der Waals surface area contributed by atoms with Gasteiger partial charge in [-0.05, 0) is 31.7 Å². The molecule has 0 amide bonds. The molecule has 0 aliphatic carbocycles. The topological polar surface area (TPSA) is 51.4 Å². The fraction of sp³-hybridized carbons (Fsp3) is 0.667. The van der Waals surface area contributed by atoms with E-state index in [-0.39, 0.29) is 6.04 Å². The number of pyridine rings is 1. The molecular weight excluding hydrogens is 238 g/mol. The van der Waals surface area contributed by atoms with E-state index in [1.54, 1.807) is 7.11 Å². The highest BCUT2D eigenvalue weighted by atomic mass is 16.5. The number of hydrogen-bond acceptors (Lipinski definition) is 4. The molecule has 2 rings (SSSR count). The van der Waals surface area contributed by atoms with Gasteiger partial charge in [-0.15, -0.1) is 0 Å². The highest BCUT2D eigenvalue weighted by molar-refractivity contribution is 5.22. The predicted molar refractivity (Wildman–Crippen MR) is 77.2 cm³/mol. The maximum Gasteiger partial charge on any atom is 0.212 e. The first kappa shape index (κ1) is 14.3. The molecule has 3 atom stereocenters. The van der Waals surface area contributed by atoms with Crippen molar-refractivity contribution in [1.82, 2.24) is 9.88 Å². The molecule has 0 bridgehead atoms. The van der Waals surface area contributed by atoms with Gasteiger partial charge in [0.2, 0.25) is 5.88 Å². The fourth-order valence-corrected chi connectivity index (χ4v) is 3.21. The summed E-state index contributed by atoms with van der Waals surface area (Å²) in [5, 5.41) is 0. The second-order valence-corrected chi connectivity index (χ2v) is 5.32. The number of nitrogens with two attached hydrogens (primary N) is 1. The van der Waals surface area contributed by atoms with Crippen LogP contribution in [0.1, 0.15) is 44.7 Å². The lowest BCUT2D eigenvalue weighted by molar-refractivity contribution is 0.136. The first-order chi connectivity index (χ1) is 9.21. The third-order valence-electron chi connectivity index (χ3n) is 4.26. The molecule has 19 heavy (non-hydrogen) atoms. The van der Waals surface area contributed by atoms with Crippen LogP contribution in [-0.4, -0.2) is 35.6 Å². The van der Waals surface area contributed by atoms with Gasteiger partial charge in [0.1, 0.15) is 0 Å². The van der Waals surface area contributed by atoms with Gasteiger partial charge in [0.25, 0.3) is 0 Å². The number of aromatic nitrogens is 1. The largest absolute Gasteiger partial charge is 0.481 e. The number of rotatable bonds is 5. The van der Waals surface area contributed by atoms with E-state index >= 15 is 0 Å². The van der Waals surface area contributed by atoms with Gasteiger partial charge >= 0.3 is 0 Å². The normalized spacial score (nSPS) is 25.5. The van der Waals surface area contributed by atoms with Crippen LogP contribution in [0.25, 0.3) is 0 Å². The van der Waals surface area contributed by atoms with E-state index in [0.29, 0.717) is 24.5 Å². The van der Waals surface area contributed by atoms with Crippen molar-refractivity contribution in [1.29, 1.82) is 0 Å². The van der Waals surface area contributed by atoms with Gasteiger partial charge < -0.3 is 10.5 Å². The maximum atomic E-state index is 6.03. The van der Waals surface area contributed by atoms with Gasteiger partial charge in [0.15, 0.2) is 0 Å². The third kappa shape index (κ3) is 2.90. The predicted octanol–water partition coefficient (Wildman–Crippen LogP) is 2.35. The van der Waals surface area contributed by atoms with E-state index < -0.39 is 0 Å². The van der Waals surface area contributed by atoms with Crippen LogP contribution in [0.5, 0.6) is 5.88 Å². The Hall–Kier alpha value is -1.13. The molecular formula is C15H25N3O. The van der Waals surface area contributed by atoms with Crippen LogP contribution in [-0.2, 0) is 0 Å². The Kier molecular flexibility index (Phi) is 4.77. The second kappa shape index (κ2) is 6.35. The van der Waals surface area contributed by atoms with E-state index in [1.165, 1.54) is 24.8 Å². The molecule has 2 heterocycles. The highest BCUT2D eigenvalue weighted by Gasteiger charge is 2.34. The van der Waals surface area contributed by atoms with E-state index in [4.69, 9.17) is 10.5 Å². The monoisotopic (exact) mass is 263 g/mol. The number of nitrogens with zero attached hydrogens (tertiary/aromatic N) is 2. The molecule has 1 aromatic rings. The first-order valence-corrected chi connectivity index (χ1v) is 7.18. The van der Waals surface area contributed by atoms with Crippen LogP contribution < -0.4 is 10.5 Å². The minimum Gasteiger partial charge on any atom is -0.481 e. The first-order valence-electron chi connectivity index (χ1n) is 7.18. The summed E-state index contributed by atoms with van der Waals surface area (Å²) in [6, 6.07) is 5.51. The molecule has 0 aromatic carbocycles. The van der Waals surface area contributed by atoms with Crippen molar-refractivity contribution in [3.05, 3.63) is 23.9 Å². The van der Waals surface area contributed by atoms with Gasteiger partial charge in [-0.1, -0.05) is 13.0 Å². The summed E-state index contributed by atoms with van der Waals surface area (Å²) in [4.78, 5) is 6.88. The summed E-state index contributed by atoms with van der Waals surface area (Å²) in [6.07, 6.45) is 5.62. The highest BCUT2D eigenvalue weighted by Crippen LogP contribution is 2.34. The molecule has 4 heteroatoms. The zero-order valence-corrected chi connectivity index (χ0v) is 12.2. The Labute approximate surface area is 116 Å². The van der Waals surface area contributed by atoms with E-state index in [2.05, 4.69) is 29.8 Å². The van der Waals surface area contributed by atoms with E-state index in [1.807, 2.05) is 12.3 Å². The molecule has 1 saturated heterocycles. The van der Waals surface area contributed by atoms with Crippen LogP contribution in [0.3, 0.4) is 0 Å². The number of hydrogen-bond donors (Lipinski definition) is 1. The molecule has 0 radical (unpaired) electrons. The molecule has 1 aliphatic rings. The zero-order chi connectivity index (χ0) is 13.8. The quantitative estimate of drug-likeness (QED) is 0.886. The summed E-state index contributed by atoms with van der Waals surface area (Å²) < 4.78 is 5.12. The van der Waals surface area contributed by atoms with Crippen molar-refractivity contribution in [2.75, 3.05) is 13.7 Å². The van der Waals surface area contributed by atoms with Crippen LogP contribution in [0.4, 0.5) is 0 Å². The van der Waals surface area contributed by atoms with Gasteiger partial charge in [-0.3, -0.25) is 4.90 Å². The lowest BCUT2D eigenvalue weighted by Gasteiger charge is -2.35. The van der Waals surface area contributed by atoms with Gasteiger partial charge in [-0.2, -0.15) is 0 Å². The lowest BCUT2D eigenvalue weighted by Crippen LogP contribution is -2.41. The summed E-state index contributed by atoms with van der Waals surface area (Å²) >= 11 is 0. The average Bonchev–Trinajstić information content (AvgIpc) is 2.82. The number of ether oxygens (including phenoxy) is 1. The molecule has 4 nitrogen and oxygen atoms in total. The number of methoxy groups -OCH3 is 1. The van der Waals surface area contributed by atoms with Crippen LogP contribution in [0.2, 0.25) is 0 Å². The molecule has 3 unspecified atom stereocenters. The molecule has 1 aliphatic heterocycles. The Morgan fingerprint density at radius 2 is 2.26 bits per heavy atom. The van der Waals surface area contributed by atoms with Crippen molar-refractivity contribution >= 4 is 0 Å². The van der Waals surface area contributed by atoms with E-state index in [9.17, 15) is 0 Å². The Morgan fingerprint density at radius 3 is 2.79 bits per heavy atom. The summed E-state index contributed by atoms with van der Waals surface area (Å²) in [5.41, 5.74) is 7.22. The lowest BCUT2D eigenvalue weighted by atomic mass is 10.0. The van der Waals surface area contributed by atoms with Crippen molar-refractivity contribution in [3.63, 3.8) is 0 Å². The van der Waals surface area contributed by atoms with Gasteiger partial charge in [-0.25, -0.2) is 4.98 Å². The fourth-order valence-electron chi connectivity index (χ4n) is 3.21. The summed E-state index contributed by atoms with van der Waals surface area (Å²) in [6.45, 7) is 5.19. The Balaban J connectivity index is 2.22. The molecule has 106 valence electrons. The second-order valence-electron chi connectivity index (χ2n) is 5.32. The third-order valence-corrected chi connectivity index (χ3v) is 4.26. The van der Waals surface area contributed by atoms with E-state index in [0.717, 1.165) is 0 Å². The van der Waals surface area contributed by atoms with Crippen LogP contribution >= 0.6 is 0 Å². The zero-order valence-electron chi connectivity index (χ0n) is 12.2. The average molecular weight is 263 g/mol. The van der Waals surface area contributed by atoms with Gasteiger partial charge in [0, 0.05) is 36.9 Å². The SMILES string of the molecule is CCC1CCC(C)N1C(CN)c1ccc(OC)nc1. The standard InChI is InChI=1S/C15H25N3O/c1-4-13-7-5-11(2)18(13)14(9-16)12-6-8-15(19-3)17-10-12/h6,8,10-11,13-14H,4-5,7,9,16H2,1-3H3. The molecule has 0 saturated carbocycles. The molecule has 1 fully saturated rings. The summed E-state index contributed by atoms with van der Waals surface area (Å²) in [5.74, 6) is 0.654. The Morgan fingerprint density at radius 1 is 1.47 bits per heavy atom. The molecule has 0 spiro atoms. The van der Waals surface area contributed by atoms with Crippen molar-refractivity contribution in [2.24, 2.45) is 5.73 Å². The van der Waals surface area contributed by atoms with Crippen LogP contribution in [0, 0.1) is 0 Å². The number of likely N-dealkylation sites (tertiary alicyclic amines) is 1. The van der Waals surface area contributed by atoms with Crippen molar-refractivity contribution in [2.45, 2.75) is 51.2 Å². The van der Waals surface area contributed by atoms with Gasteiger partial charge in [0.05, 0.1) is 7.11 Å². The maximum absolute atomic E-state index is 6.03. The minimum absolute atomic E-state index is 0.265. The Bertz CT molecular complexity index is 393. The van der Waals surface area contributed by atoms with Crippen molar-refractivity contribution in [3.8, 4) is 5.88 Å².